The van der Waals surface area contributed by atoms with E-state index >= 15 is 0 Å². The summed E-state index contributed by atoms with van der Waals surface area (Å²) in [6, 6.07) is 9.15. The molecule has 0 aliphatic rings. The molecule has 3 rings (SSSR count). The van der Waals surface area contributed by atoms with Crippen molar-refractivity contribution < 1.29 is 18.0 Å². The number of hydrogen-bond acceptors (Lipinski definition) is 5. The van der Waals surface area contributed by atoms with Crippen LogP contribution in [0.2, 0.25) is 0 Å². The Balaban J connectivity index is 1.69. The Morgan fingerprint density at radius 1 is 1.04 bits per heavy atom. The quantitative estimate of drug-likeness (QED) is 0.526. The molecule has 0 atom stereocenters. The number of aromatic nitrogens is 3. The van der Waals surface area contributed by atoms with Gasteiger partial charge >= 0.3 is 0 Å². The molecule has 0 radical (unpaired) electrons. The molecule has 3 aromatic rings. The highest BCUT2D eigenvalue weighted by molar-refractivity contribution is 7.99. The summed E-state index contributed by atoms with van der Waals surface area (Å²) in [7, 11) is 0. The van der Waals surface area contributed by atoms with Gasteiger partial charge in [0.1, 0.15) is 23.1 Å². The van der Waals surface area contributed by atoms with E-state index in [9.17, 15) is 18.0 Å². The van der Waals surface area contributed by atoms with Crippen LogP contribution in [0.3, 0.4) is 0 Å². The molecule has 0 saturated heterocycles. The number of para-hydroxylation sites is 1. The number of hydrogen-bond donors (Lipinski definition) is 2. The van der Waals surface area contributed by atoms with Crippen molar-refractivity contribution in [1.29, 1.82) is 0 Å². The molecule has 1 aromatic heterocycles. The van der Waals surface area contributed by atoms with Crippen molar-refractivity contribution in [3.8, 4) is 11.4 Å². The van der Waals surface area contributed by atoms with Crippen LogP contribution >= 0.6 is 11.8 Å². The second kappa shape index (κ2) is 7.48. The zero-order valence-electron chi connectivity index (χ0n) is 13.1. The lowest BCUT2D eigenvalue weighted by molar-refractivity contribution is -0.113. The lowest BCUT2D eigenvalue weighted by Gasteiger charge is -2.07. The van der Waals surface area contributed by atoms with Gasteiger partial charge in [0.2, 0.25) is 11.1 Å². The molecule has 6 nitrogen and oxygen atoms in total. The number of rotatable bonds is 5. The van der Waals surface area contributed by atoms with Crippen LogP contribution in [0, 0.1) is 17.5 Å². The van der Waals surface area contributed by atoms with Crippen LogP contribution in [0.5, 0.6) is 0 Å². The van der Waals surface area contributed by atoms with E-state index in [0.717, 1.165) is 28.6 Å². The topological polar surface area (TPSA) is 85.8 Å². The van der Waals surface area contributed by atoms with Gasteiger partial charge in [-0.3, -0.25) is 4.79 Å². The molecule has 1 heterocycles. The SMILES string of the molecule is Nn1c(SCC(=O)Nc2c(F)cccc2F)nnc1-c1ccccc1F. The maximum atomic E-state index is 13.8. The lowest BCUT2D eigenvalue weighted by atomic mass is 10.2. The van der Waals surface area contributed by atoms with E-state index in [1.165, 1.54) is 24.3 Å². The number of benzene rings is 2. The van der Waals surface area contributed by atoms with Gasteiger partial charge in [-0.2, -0.15) is 0 Å². The van der Waals surface area contributed by atoms with Crippen LogP contribution in [0.15, 0.2) is 47.6 Å². The first-order chi connectivity index (χ1) is 12.5. The summed E-state index contributed by atoms with van der Waals surface area (Å²) in [5.74, 6) is 2.77. The number of carbonyl (C=O) groups is 1. The molecule has 2 aromatic carbocycles. The van der Waals surface area contributed by atoms with Crippen LogP contribution in [-0.2, 0) is 4.79 Å². The second-order valence-corrected chi connectivity index (χ2v) is 6.03. The fourth-order valence-electron chi connectivity index (χ4n) is 2.12. The maximum Gasteiger partial charge on any atom is 0.235 e. The van der Waals surface area contributed by atoms with Gasteiger partial charge in [-0.25, -0.2) is 17.8 Å². The summed E-state index contributed by atoms with van der Waals surface area (Å²) < 4.78 is 41.9. The van der Waals surface area contributed by atoms with Gasteiger partial charge < -0.3 is 11.2 Å². The molecule has 10 heteroatoms. The number of nitrogens with one attached hydrogen (secondary N) is 1. The third-order valence-corrected chi connectivity index (χ3v) is 4.28. The Bertz CT molecular complexity index is 943. The van der Waals surface area contributed by atoms with Gasteiger partial charge in [-0.05, 0) is 24.3 Å². The molecule has 3 N–H and O–H groups in total. The fourth-order valence-corrected chi connectivity index (χ4v) is 2.78. The van der Waals surface area contributed by atoms with Crippen molar-refractivity contribution >= 4 is 23.4 Å². The Morgan fingerprint density at radius 2 is 1.69 bits per heavy atom. The molecule has 0 unspecified atom stereocenters. The molecule has 0 aliphatic heterocycles. The highest BCUT2D eigenvalue weighted by atomic mass is 32.2. The number of nitrogens with zero attached hydrogens (tertiary/aromatic N) is 3. The standard InChI is InChI=1S/C16H12F3N5OS/c17-10-5-2-1-4-9(10)15-22-23-16(24(15)20)26-8-13(25)21-14-11(18)6-3-7-12(14)19/h1-7H,8,20H2,(H,21,25). The first-order valence-electron chi connectivity index (χ1n) is 7.29. The zero-order chi connectivity index (χ0) is 18.7. The largest absolute Gasteiger partial charge is 0.335 e. The zero-order valence-corrected chi connectivity index (χ0v) is 13.9. The van der Waals surface area contributed by atoms with Crippen molar-refractivity contribution in [3.63, 3.8) is 0 Å². The molecule has 134 valence electrons. The Labute approximate surface area is 150 Å². The Hall–Kier alpha value is -3.01. The highest BCUT2D eigenvalue weighted by Gasteiger charge is 2.17. The van der Waals surface area contributed by atoms with Gasteiger partial charge in [-0.15, -0.1) is 10.2 Å². The van der Waals surface area contributed by atoms with Crippen molar-refractivity contribution in [2.45, 2.75) is 5.16 Å². The average Bonchev–Trinajstić information content (AvgIpc) is 2.97. The monoisotopic (exact) mass is 379 g/mol. The maximum absolute atomic E-state index is 13.8. The summed E-state index contributed by atoms with van der Waals surface area (Å²) in [5.41, 5.74) is -0.369. The third kappa shape index (κ3) is 3.64. The summed E-state index contributed by atoms with van der Waals surface area (Å²) >= 11 is 0.892. The van der Waals surface area contributed by atoms with Crippen molar-refractivity contribution in [1.82, 2.24) is 14.9 Å². The van der Waals surface area contributed by atoms with Crippen LogP contribution in [0.4, 0.5) is 18.9 Å². The summed E-state index contributed by atoms with van der Waals surface area (Å²) in [6.45, 7) is 0. The molecule has 0 fully saturated rings. The van der Waals surface area contributed by atoms with E-state index in [1.807, 2.05) is 0 Å². The molecular weight excluding hydrogens is 367 g/mol. The van der Waals surface area contributed by atoms with E-state index in [4.69, 9.17) is 5.84 Å². The lowest BCUT2D eigenvalue weighted by Crippen LogP contribution is -2.18. The number of halogens is 3. The number of anilines is 1. The molecule has 1 amide bonds. The summed E-state index contributed by atoms with van der Waals surface area (Å²) in [5, 5.41) is 9.91. The van der Waals surface area contributed by atoms with Crippen LogP contribution in [0.1, 0.15) is 0 Å². The normalized spacial score (nSPS) is 10.7. The second-order valence-electron chi connectivity index (χ2n) is 5.09. The Morgan fingerprint density at radius 3 is 2.38 bits per heavy atom. The van der Waals surface area contributed by atoms with Gasteiger partial charge in [0.25, 0.3) is 0 Å². The number of carbonyl (C=O) groups excluding carboxylic acids is 1. The Kier molecular flexibility index (Phi) is 5.12. The first kappa shape index (κ1) is 17.8. The van der Waals surface area contributed by atoms with Crippen LogP contribution in [-0.4, -0.2) is 26.5 Å². The minimum atomic E-state index is -0.882. The highest BCUT2D eigenvalue weighted by Crippen LogP contribution is 2.24. The van der Waals surface area contributed by atoms with E-state index in [-0.39, 0.29) is 22.3 Å². The summed E-state index contributed by atoms with van der Waals surface area (Å²) in [4.78, 5) is 11.9. The van der Waals surface area contributed by atoms with Gasteiger partial charge in [-0.1, -0.05) is 30.0 Å². The number of nitrogens with two attached hydrogens (primary N) is 1. The van der Waals surface area contributed by atoms with Crippen LogP contribution < -0.4 is 11.2 Å². The molecular formula is C16H12F3N5OS. The molecule has 0 saturated carbocycles. The van der Waals surface area contributed by atoms with E-state index in [1.54, 1.807) is 6.07 Å². The van der Waals surface area contributed by atoms with Crippen molar-refractivity contribution in [2.24, 2.45) is 0 Å². The predicted molar refractivity (Wildman–Crippen MR) is 91.3 cm³/mol. The van der Waals surface area contributed by atoms with Crippen molar-refractivity contribution in [2.75, 3.05) is 16.9 Å². The average molecular weight is 379 g/mol. The first-order valence-corrected chi connectivity index (χ1v) is 8.28. The van der Waals surface area contributed by atoms with E-state index in [0.29, 0.717) is 0 Å². The smallest absolute Gasteiger partial charge is 0.235 e. The molecule has 26 heavy (non-hydrogen) atoms. The minimum absolute atomic E-state index is 0.0890. The van der Waals surface area contributed by atoms with E-state index in [2.05, 4.69) is 15.5 Å². The molecule has 0 spiro atoms. The number of amides is 1. The van der Waals surface area contributed by atoms with Crippen LogP contribution in [0.25, 0.3) is 11.4 Å². The number of nitrogen functional groups attached to an aromatic ring is 1. The van der Waals surface area contributed by atoms with Gasteiger partial charge in [0, 0.05) is 0 Å². The fraction of sp³-hybridized carbons (Fsp3) is 0.0625. The van der Waals surface area contributed by atoms with Gasteiger partial charge in [0.05, 0.1) is 11.3 Å². The van der Waals surface area contributed by atoms with Crippen molar-refractivity contribution in [3.05, 3.63) is 59.9 Å². The number of thioether (sulfide) groups is 1. The predicted octanol–water partition coefficient (Wildman–Crippen LogP) is 2.81. The van der Waals surface area contributed by atoms with E-state index < -0.39 is 29.0 Å². The molecule has 0 aliphatic carbocycles. The van der Waals surface area contributed by atoms with Gasteiger partial charge in [0.15, 0.2) is 5.82 Å². The third-order valence-electron chi connectivity index (χ3n) is 3.34. The minimum Gasteiger partial charge on any atom is -0.335 e. The molecule has 0 bridgehead atoms. The summed E-state index contributed by atoms with van der Waals surface area (Å²) in [6.07, 6.45) is 0.